The molecule has 2 aliphatic rings. The fourth-order valence-corrected chi connectivity index (χ4v) is 3.26. The largest absolute Gasteiger partial charge is 0.384 e. The van der Waals surface area contributed by atoms with Crippen LogP contribution in [0.4, 0.5) is 5.82 Å². The van der Waals surface area contributed by atoms with Gasteiger partial charge in [0.2, 0.25) is 5.91 Å². The Morgan fingerprint density at radius 2 is 2.05 bits per heavy atom. The minimum Gasteiger partial charge on any atom is -0.384 e. The van der Waals surface area contributed by atoms with Crippen molar-refractivity contribution in [2.75, 3.05) is 31.9 Å². The summed E-state index contributed by atoms with van der Waals surface area (Å²) in [5.74, 6) is 1.10. The molecule has 0 atom stereocenters. The topological polar surface area (TPSA) is 79.5 Å². The molecule has 118 valence electrons. The number of carbonyl (C=O) groups is 2. The molecule has 2 saturated heterocycles. The first-order valence-corrected chi connectivity index (χ1v) is 7.93. The molecular weight excluding hydrogens is 280 g/mol. The first-order chi connectivity index (χ1) is 10.6. The number of hydrogen-bond acceptors (Lipinski definition) is 4. The van der Waals surface area contributed by atoms with E-state index < -0.39 is 0 Å². The van der Waals surface area contributed by atoms with Crippen LogP contribution in [0.3, 0.4) is 0 Å². The molecule has 0 saturated carbocycles. The molecule has 0 aliphatic carbocycles. The monoisotopic (exact) mass is 302 g/mol. The van der Waals surface area contributed by atoms with E-state index in [-0.39, 0.29) is 11.8 Å². The number of piperidine rings is 1. The zero-order valence-electron chi connectivity index (χ0n) is 12.7. The molecule has 6 heteroatoms. The van der Waals surface area contributed by atoms with Gasteiger partial charge in [0, 0.05) is 32.6 Å². The predicted octanol–water partition coefficient (Wildman–Crippen LogP) is 1.14. The standard InChI is InChI=1S/C16H22N4O2/c17-14-4-1-3-13(18-14)16(22)19-9-6-12(7-10-19)11-20-8-2-5-15(20)21/h1,3-4,12H,2,5-11H2,(H2,17,18). The van der Waals surface area contributed by atoms with Gasteiger partial charge in [-0.25, -0.2) is 4.98 Å². The van der Waals surface area contributed by atoms with Gasteiger partial charge < -0.3 is 15.5 Å². The normalized spacial score (nSPS) is 19.7. The Hall–Kier alpha value is -2.11. The van der Waals surface area contributed by atoms with Gasteiger partial charge in [-0.2, -0.15) is 0 Å². The van der Waals surface area contributed by atoms with Crippen molar-refractivity contribution in [2.45, 2.75) is 25.7 Å². The first-order valence-electron chi connectivity index (χ1n) is 7.93. The number of aromatic nitrogens is 1. The van der Waals surface area contributed by atoms with Gasteiger partial charge in [-0.3, -0.25) is 9.59 Å². The van der Waals surface area contributed by atoms with Crippen LogP contribution >= 0.6 is 0 Å². The summed E-state index contributed by atoms with van der Waals surface area (Å²) in [5, 5.41) is 0. The van der Waals surface area contributed by atoms with Gasteiger partial charge >= 0.3 is 0 Å². The summed E-state index contributed by atoms with van der Waals surface area (Å²) in [6.45, 7) is 3.19. The van der Waals surface area contributed by atoms with Crippen molar-refractivity contribution >= 4 is 17.6 Å². The second-order valence-corrected chi connectivity index (χ2v) is 6.13. The second-order valence-electron chi connectivity index (χ2n) is 6.13. The average molecular weight is 302 g/mol. The Kier molecular flexibility index (Phi) is 4.27. The van der Waals surface area contributed by atoms with Crippen molar-refractivity contribution < 1.29 is 9.59 Å². The second kappa shape index (κ2) is 6.34. The Morgan fingerprint density at radius 1 is 1.27 bits per heavy atom. The van der Waals surface area contributed by atoms with E-state index in [2.05, 4.69) is 4.98 Å². The van der Waals surface area contributed by atoms with E-state index in [1.807, 2.05) is 9.80 Å². The van der Waals surface area contributed by atoms with E-state index in [1.54, 1.807) is 18.2 Å². The number of likely N-dealkylation sites (tertiary alicyclic amines) is 2. The van der Waals surface area contributed by atoms with Gasteiger partial charge in [0.25, 0.3) is 5.91 Å². The van der Waals surface area contributed by atoms with E-state index in [0.717, 1.165) is 45.4 Å². The number of anilines is 1. The highest BCUT2D eigenvalue weighted by molar-refractivity contribution is 5.92. The van der Waals surface area contributed by atoms with Gasteiger partial charge in [-0.1, -0.05) is 6.07 Å². The number of pyridine rings is 1. The quantitative estimate of drug-likeness (QED) is 0.908. The number of hydrogen-bond donors (Lipinski definition) is 1. The highest BCUT2D eigenvalue weighted by Gasteiger charge is 2.28. The molecule has 0 bridgehead atoms. The van der Waals surface area contributed by atoms with Crippen molar-refractivity contribution in [2.24, 2.45) is 5.92 Å². The lowest BCUT2D eigenvalue weighted by molar-refractivity contribution is -0.128. The van der Waals surface area contributed by atoms with Crippen LogP contribution in [-0.4, -0.2) is 52.8 Å². The number of nitrogens with two attached hydrogens (primary N) is 1. The van der Waals surface area contributed by atoms with Crippen LogP contribution in [0.15, 0.2) is 18.2 Å². The third-order valence-corrected chi connectivity index (χ3v) is 4.54. The van der Waals surface area contributed by atoms with Crippen LogP contribution in [0, 0.1) is 5.92 Å². The van der Waals surface area contributed by atoms with E-state index >= 15 is 0 Å². The Labute approximate surface area is 130 Å². The summed E-state index contributed by atoms with van der Waals surface area (Å²) in [4.78, 5) is 32.0. The third kappa shape index (κ3) is 3.21. The molecule has 0 radical (unpaired) electrons. The minimum absolute atomic E-state index is 0.0528. The van der Waals surface area contributed by atoms with Crippen LogP contribution in [0.1, 0.15) is 36.2 Å². The van der Waals surface area contributed by atoms with Crippen molar-refractivity contribution in [3.8, 4) is 0 Å². The summed E-state index contributed by atoms with van der Waals surface area (Å²) in [6.07, 6.45) is 3.56. The lowest BCUT2D eigenvalue weighted by atomic mass is 9.96. The number of nitrogens with zero attached hydrogens (tertiary/aromatic N) is 3. The van der Waals surface area contributed by atoms with Crippen molar-refractivity contribution in [1.82, 2.24) is 14.8 Å². The maximum absolute atomic E-state index is 12.4. The summed E-state index contributed by atoms with van der Waals surface area (Å²) in [6, 6.07) is 5.13. The fraction of sp³-hybridized carbons (Fsp3) is 0.562. The number of rotatable bonds is 3. The SMILES string of the molecule is Nc1cccc(C(=O)N2CCC(CN3CCCC3=O)CC2)n1. The van der Waals surface area contributed by atoms with Crippen LogP contribution < -0.4 is 5.73 Å². The van der Waals surface area contributed by atoms with Crippen LogP contribution in [0.5, 0.6) is 0 Å². The van der Waals surface area contributed by atoms with E-state index in [9.17, 15) is 9.59 Å². The summed E-state index contributed by atoms with van der Waals surface area (Å²) < 4.78 is 0. The molecule has 0 unspecified atom stereocenters. The first kappa shape index (κ1) is 14.8. The number of amides is 2. The molecule has 1 aromatic rings. The van der Waals surface area contributed by atoms with Crippen LogP contribution in [0.25, 0.3) is 0 Å². The van der Waals surface area contributed by atoms with Gasteiger partial charge in [0.15, 0.2) is 0 Å². The van der Waals surface area contributed by atoms with Crippen LogP contribution in [0.2, 0.25) is 0 Å². The van der Waals surface area contributed by atoms with Gasteiger partial charge in [0.05, 0.1) is 0 Å². The Morgan fingerprint density at radius 3 is 2.68 bits per heavy atom. The lowest BCUT2D eigenvalue weighted by Crippen LogP contribution is -2.42. The molecule has 3 heterocycles. The Balaban J connectivity index is 1.53. The van der Waals surface area contributed by atoms with E-state index in [4.69, 9.17) is 5.73 Å². The molecule has 0 aromatic carbocycles. The maximum atomic E-state index is 12.4. The van der Waals surface area contributed by atoms with Crippen molar-refractivity contribution in [3.63, 3.8) is 0 Å². The highest BCUT2D eigenvalue weighted by atomic mass is 16.2. The zero-order chi connectivity index (χ0) is 15.5. The number of carbonyl (C=O) groups excluding carboxylic acids is 2. The van der Waals surface area contributed by atoms with Crippen molar-refractivity contribution in [1.29, 1.82) is 0 Å². The van der Waals surface area contributed by atoms with Crippen LogP contribution in [-0.2, 0) is 4.79 Å². The molecule has 1 aromatic heterocycles. The fourth-order valence-electron chi connectivity index (χ4n) is 3.26. The third-order valence-electron chi connectivity index (χ3n) is 4.54. The van der Waals surface area contributed by atoms with Gasteiger partial charge in [0.1, 0.15) is 11.5 Å². The Bertz CT molecular complexity index is 567. The highest BCUT2D eigenvalue weighted by Crippen LogP contribution is 2.22. The van der Waals surface area contributed by atoms with Gasteiger partial charge in [-0.15, -0.1) is 0 Å². The molecule has 2 amide bonds. The predicted molar refractivity (Wildman–Crippen MR) is 83.1 cm³/mol. The van der Waals surface area contributed by atoms with E-state index in [1.165, 1.54) is 0 Å². The summed E-state index contributed by atoms with van der Waals surface area (Å²) >= 11 is 0. The average Bonchev–Trinajstić information content (AvgIpc) is 2.92. The molecule has 0 spiro atoms. The summed E-state index contributed by atoms with van der Waals surface area (Å²) in [7, 11) is 0. The molecule has 6 nitrogen and oxygen atoms in total. The smallest absolute Gasteiger partial charge is 0.272 e. The van der Waals surface area contributed by atoms with Gasteiger partial charge in [-0.05, 0) is 37.3 Å². The zero-order valence-corrected chi connectivity index (χ0v) is 12.7. The maximum Gasteiger partial charge on any atom is 0.272 e. The summed E-state index contributed by atoms with van der Waals surface area (Å²) in [5.41, 5.74) is 6.04. The molecule has 2 N–H and O–H groups in total. The molecule has 3 rings (SSSR count). The van der Waals surface area contributed by atoms with Crippen molar-refractivity contribution in [3.05, 3.63) is 23.9 Å². The number of nitrogen functional groups attached to an aromatic ring is 1. The molecule has 2 fully saturated rings. The molecule has 22 heavy (non-hydrogen) atoms. The molecule has 2 aliphatic heterocycles. The van der Waals surface area contributed by atoms with E-state index in [0.29, 0.717) is 23.9 Å². The minimum atomic E-state index is -0.0528. The molecular formula is C16H22N4O2. The lowest BCUT2D eigenvalue weighted by Gasteiger charge is -2.33.